The number of carboxylic acids is 1. The van der Waals surface area contributed by atoms with E-state index in [0.717, 1.165) is 64.0 Å². The van der Waals surface area contributed by atoms with E-state index < -0.39 is 5.97 Å². The molecule has 1 N–H and O–H groups in total. The molecule has 0 spiro atoms. The summed E-state index contributed by atoms with van der Waals surface area (Å²) in [5.41, 5.74) is 2.52. The molecule has 0 aromatic heterocycles. The highest BCUT2D eigenvalue weighted by atomic mass is 35.5. The molecule has 0 amide bonds. The van der Waals surface area contributed by atoms with Gasteiger partial charge in [-0.05, 0) is 55.5 Å². The largest absolute Gasteiger partial charge is 0.490 e. The molecule has 0 aliphatic carbocycles. The zero-order valence-electron chi connectivity index (χ0n) is 19.0. The Labute approximate surface area is 224 Å². The van der Waals surface area contributed by atoms with E-state index >= 15 is 0 Å². The lowest BCUT2D eigenvalue weighted by Gasteiger charge is -2.35. The van der Waals surface area contributed by atoms with Crippen LogP contribution in [0.1, 0.15) is 49.3 Å². The van der Waals surface area contributed by atoms with Gasteiger partial charge >= 0.3 is 5.97 Å². The quantitative estimate of drug-likeness (QED) is 0.427. The lowest BCUT2D eigenvalue weighted by Crippen LogP contribution is -2.38. The number of benzene rings is 2. The molecule has 2 fully saturated rings. The molecule has 0 bridgehead atoms. The molecule has 5 nitrogen and oxygen atoms in total. The van der Waals surface area contributed by atoms with Crippen molar-refractivity contribution in [1.82, 2.24) is 9.80 Å². The number of halogens is 4. The molecule has 2 aromatic carbocycles. The molecule has 1 atom stereocenters. The van der Waals surface area contributed by atoms with Gasteiger partial charge in [-0.15, -0.1) is 24.8 Å². The summed E-state index contributed by atoms with van der Waals surface area (Å²) in [4.78, 5) is 15.8. The summed E-state index contributed by atoms with van der Waals surface area (Å²) in [5.74, 6) is 0.0214. The van der Waals surface area contributed by atoms with E-state index in [1.54, 1.807) is 12.1 Å². The maximum atomic E-state index is 11.2. The Bertz CT molecular complexity index is 921. The predicted molar refractivity (Wildman–Crippen MR) is 142 cm³/mol. The molecule has 2 saturated heterocycles. The van der Waals surface area contributed by atoms with Crippen molar-refractivity contribution in [1.29, 1.82) is 0 Å². The highest BCUT2D eigenvalue weighted by molar-refractivity contribution is 6.42. The summed E-state index contributed by atoms with van der Waals surface area (Å²) in [6.07, 6.45) is 5.40. The van der Waals surface area contributed by atoms with Crippen LogP contribution in [0.3, 0.4) is 0 Å². The van der Waals surface area contributed by atoms with E-state index in [-0.39, 0.29) is 43.5 Å². The summed E-state index contributed by atoms with van der Waals surface area (Å²) in [5, 5.41) is 10.3. The van der Waals surface area contributed by atoms with Crippen LogP contribution in [0, 0.1) is 0 Å². The van der Waals surface area contributed by atoms with E-state index in [9.17, 15) is 9.90 Å². The molecule has 2 heterocycles. The van der Waals surface area contributed by atoms with Gasteiger partial charge in [-0.25, -0.2) is 0 Å². The van der Waals surface area contributed by atoms with Gasteiger partial charge in [-0.2, -0.15) is 0 Å². The predicted octanol–water partition coefficient (Wildman–Crippen LogP) is 6.49. The smallest absolute Gasteiger partial charge is 0.317 e. The monoisotopic (exact) mass is 548 g/mol. The van der Waals surface area contributed by atoms with Crippen LogP contribution in [0.5, 0.6) is 5.75 Å². The lowest BCUT2D eigenvalue weighted by atomic mass is 9.94. The summed E-state index contributed by atoms with van der Waals surface area (Å²) in [6, 6.07) is 14.4. The molecule has 9 heteroatoms. The van der Waals surface area contributed by atoms with Gasteiger partial charge < -0.3 is 9.84 Å². The van der Waals surface area contributed by atoms with E-state index in [4.69, 9.17) is 27.9 Å². The first-order valence-corrected chi connectivity index (χ1v) is 12.1. The fourth-order valence-corrected chi connectivity index (χ4v) is 5.05. The van der Waals surface area contributed by atoms with Crippen LogP contribution in [0.25, 0.3) is 0 Å². The minimum absolute atomic E-state index is 0. The SMILES string of the molecule is Cl.Cl.O=C(O)CN1CCCC[C@@H]1c1ccc(CN2CCC(Oc3ccc(Cl)c(Cl)c3)CC2)cc1. The number of carboxylic acid groups (broad SMARTS) is 1. The van der Waals surface area contributed by atoms with Gasteiger partial charge in [0.15, 0.2) is 0 Å². The topological polar surface area (TPSA) is 53.0 Å². The summed E-state index contributed by atoms with van der Waals surface area (Å²) >= 11 is 12.1. The Hall–Kier alpha value is -1.21. The second-order valence-electron chi connectivity index (χ2n) is 8.79. The van der Waals surface area contributed by atoms with Gasteiger partial charge in [0.05, 0.1) is 16.6 Å². The van der Waals surface area contributed by atoms with E-state index in [2.05, 4.69) is 34.1 Å². The summed E-state index contributed by atoms with van der Waals surface area (Å²) in [7, 11) is 0. The lowest BCUT2D eigenvalue weighted by molar-refractivity contribution is -0.139. The molecule has 2 aliphatic rings. The second-order valence-corrected chi connectivity index (χ2v) is 9.60. The van der Waals surface area contributed by atoms with Crippen LogP contribution in [-0.2, 0) is 11.3 Å². The summed E-state index contributed by atoms with van der Waals surface area (Å²) in [6.45, 7) is 3.87. The van der Waals surface area contributed by atoms with E-state index in [1.165, 1.54) is 11.1 Å². The normalized spacial score (nSPS) is 19.6. The fourth-order valence-electron chi connectivity index (χ4n) is 4.76. The highest BCUT2D eigenvalue weighted by Crippen LogP contribution is 2.31. The number of ether oxygens (including phenoxy) is 1. The van der Waals surface area contributed by atoms with Crippen molar-refractivity contribution >= 4 is 54.0 Å². The molecule has 2 aromatic rings. The van der Waals surface area contributed by atoms with Crippen LogP contribution in [-0.4, -0.2) is 53.2 Å². The van der Waals surface area contributed by atoms with Crippen molar-refractivity contribution in [2.24, 2.45) is 0 Å². The molecule has 2 aliphatic heterocycles. The number of rotatable bonds is 7. The van der Waals surface area contributed by atoms with Gasteiger partial charge in [-0.1, -0.05) is 53.9 Å². The van der Waals surface area contributed by atoms with Gasteiger partial charge in [0.1, 0.15) is 11.9 Å². The Morgan fingerprint density at radius 2 is 1.65 bits per heavy atom. The Kier molecular flexibility index (Phi) is 11.8. The van der Waals surface area contributed by atoms with Crippen LogP contribution in [0.2, 0.25) is 10.0 Å². The molecular formula is C25H32Cl4N2O3. The molecule has 0 saturated carbocycles. The highest BCUT2D eigenvalue weighted by Gasteiger charge is 2.26. The van der Waals surface area contributed by atoms with Gasteiger partial charge in [0, 0.05) is 31.7 Å². The van der Waals surface area contributed by atoms with Crippen LogP contribution in [0.4, 0.5) is 0 Å². The Morgan fingerprint density at radius 1 is 0.941 bits per heavy atom. The van der Waals surface area contributed by atoms with Crippen molar-refractivity contribution < 1.29 is 14.6 Å². The van der Waals surface area contributed by atoms with Crippen molar-refractivity contribution in [3.63, 3.8) is 0 Å². The minimum atomic E-state index is -0.750. The zero-order chi connectivity index (χ0) is 22.5. The summed E-state index contributed by atoms with van der Waals surface area (Å²) < 4.78 is 6.09. The van der Waals surface area contributed by atoms with Gasteiger partial charge in [0.2, 0.25) is 0 Å². The number of piperidine rings is 2. The Morgan fingerprint density at radius 3 is 2.29 bits per heavy atom. The number of carbonyl (C=O) groups is 1. The van der Waals surface area contributed by atoms with Crippen LogP contribution >= 0.6 is 48.0 Å². The first-order chi connectivity index (χ1) is 15.5. The van der Waals surface area contributed by atoms with Crippen molar-refractivity contribution in [2.45, 2.75) is 50.8 Å². The molecule has 0 unspecified atom stereocenters. The first-order valence-electron chi connectivity index (χ1n) is 11.4. The second kappa shape index (κ2) is 13.8. The molecule has 34 heavy (non-hydrogen) atoms. The van der Waals surface area contributed by atoms with E-state index in [0.29, 0.717) is 10.0 Å². The molecular weight excluding hydrogens is 518 g/mol. The van der Waals surface area contributed by atoms with Crippen molar-refractivity contribution in [3.05, 3.63) is 63.6 Å². The molecule has 4 rings (SSSR count). The minimum Gasteiger partial charge on any atom is -0.490 e. The third-order valence-electron chi connectivity index (χ3n) is 6.45. The number of nitrogens with zero attached hydrogens (tertiary/aromatic N) is 2. The average molecular weight is 550 g/mol. The number of likely N-dealkylation sites (tertiary alicyclic amines) is 2. The van der Waals surface area contributed by atoms with E-state index in [1.807, 2.05) is 6.07 Å². The molecule has 188 valence electrons. The maximum Gasteiger partial charge on any atom is 0.317 e. The van der Waals surface area contributed by atoms with Gasteiger partial charge in [-0.3, -0.25) is 14.6 Å². The fraction of sp³-hybridized carbons (Fsp3) is 0.480. The number of hydrogen-bond donors (Lipinski definition) is 1. The molecule has 0 radical (unpaired) electrons. The van der Waals surface area contributed by atoms with Crippen LogP contribution < -0.4 is 4.74 Å². The zero-order valence-corrected chi connectivity index (χ0v) is 22.1. The third kappa shape index (κ3) is 7.91. The number of aliphatic carboxylic acids is 1. The van der Waals surface area contributed by atoms with Gasteiger partial charge in [0.25, 0.3) is 0 Å². The van der Waals surface area contributed by atoms with Crippen LogP contribution in [0.15, 0.2) is 42.5 Å². The Balaban J connectivity index is 0.00000204. The standard InChI is InChI=1S/C25H30Cl2N2O3.2ClH/c26-22-9-8-21(15-23(22)27)32-20-10-13-28(14-11-20)16-18-4-6-19(7-5-18)24-3-1-2-12-29(24)17-25(30)31;;/h4-9,15,20,24H,1-3,10-14,16-17H2,(H,30,31);2*1H/t24-;;/m1../s1. The number of hydrogen-bond acceptors (Lipinski definition) is 4. The van der Waals surface area contributed by atoms with Crippen molar-refractivity contribution in [3.8, 4) is 5.75 Å². The first kappa shape index (κ1) is 29.0. The third-order valence-corrected chi connectivity index (χ3v) is 7.19. The maximum absolute atomic E-state index is 11.2. The average Bonchev–Trinajstić information content (AvgIpc) is 2.78. The van der Waals surface area contributed by atoms with Crippen molar-refractivity contribution in [2.75, 3.05) is 26.2 Å².